The summed E-state index contributed by atoms with van der Waals surface area (Å²) < 4.78 is 40.2. The lowest BCUT2D eigenvalue weighted by molar-refractivity contribution is 0.0600. The summed E-state index contributed by atoms with van der Waals surface area (Å²) in [6.07, 6.45) is 4.09. The van der Waals surface area contributed by atoms with Gasteiger partial charge in [-0.2, -0.15) is 0 Å². The van der Waals surface area contributed by atoms with Crippen LogP contribution in [0.15, 0.2) is 36.4 Å². The number of fused-ring (bicyclic) bond motifs is 1. The number of aryl methyl sites for hydroxylation is 1. The van der Waals surface area contributed by atoms with E-state index in [2.05, 4.69) is 0 Å². The molecule has 3 nitrogen and oxygen atoms in total. The van der Waals surface area contributed by atoms with Crippen molar-refractivity contribution in [2.75, 3.05) is 7.11 Å². The monoisotopic (exact) mass is 386 g/mol. The molecule has 0 N–H and O–H groups in total. The number of ether oxygens (including phenoxy) is 2. The molecule has 0 bridgehead atoms. The average Bonchev–Trinajstić information content (AvgIpc) is 2.81. The van der Waals surface area contributed by atoms with E-state index < -0.39 is 23.2 Å². The van der Waals surface area contributed by atoms with E-state index in [1.807, 2.05) is 26.8 Å². The molecule has 0 fully saturated rings. The van der Waals surface area contributed by atoms with E-state index in [0.717, 1.165) is 17.5 Å². The Bertz CT molecular complexity index is 916. The fourth-order valence-electron chi connectivity index (χ4n) is 3.41. The van der Waals surface area contributed by atoms with Crippen LogP contribution in [0.5, 0.6) is 5.75 Å². The number of carbonyl (C=O) groups excluding carboxylic acids is 1. The third-order valence-electron chi connectivity index (χ3n) is 4.52. The zero-order valence-corrected chi connectivity index (χ0v) is 16.6. The Morgan fingerprint density at radius 3 is 2.36 bits per heavy atom. The van der Waals surface area contributed by atoms with Gasteiger partial charge in [-0.25, -0.2) is 13.6 Å². The molecule has 0 heterocycles. The lowest BCUT2D eigenvalue weighted by Crippen LogP contribution is -2.23. The van der Waals surface area contributed by atoms with Crippen LogP contribution in [0.25, 0.3) is 5.57 Å². The van der Waals surface area contributed by atoms with E-state index >= 15 is 0 Å². The van der Waals surface area contributed by atoms with Gasteiger partial charge in [-0.1, -0.05) is 12.1 Å². The first-order valence-corrected chi connectivity index (χ1v) is 9.30. The Kier molecular flexibility index (Phi) is 5.54. The molecule has 3 rings (SSSR count). The highest BCUT2D eigenvalue weighted by atomic mass is 19.1. The van der Waals surface area contributed by atoms with E-state index in [0.29, 0.717) is 24.0 Å². The predicted octanol–water partition coefficient (Wildman–Crippen LogP) is 5.70. The first-order valence-electron chi connectivity index (χ1n) is 9.30. The van der Waals surface area contributed by atoms with Crippen molar-refractivity contribution in [3.05, 3.63) is 70.3 Å². The molecule has 0 saturated carbocycles. The highest BCUT2D eigenvalue weighted by Crippen LogP contribution is 2.36. The van der Waals surface area contributed by atoms with E-state index in [9.17, 15) is 13.6 Å². The number of methoxy groups -OCH3 is 1. The Balaban J connectivity index is 2.07. The van der Waals surface area contributed by atoms with Gasteiger partial charge in [-0.05, 0) is 68.9 Å². The summed E-state index contributed by atoms with van der Waals surface area (Å²) in [5.41, 5.74) is 1.90. The summed E-state index contributed by atoms with van der Waals surface area (Å²) in [4.78, 5) is 11.8. The van der Waals surface area contributed by atoms with Gasteiger partial charge in [-0.15, -0.1) is 0 Å². The zero-order valence-electron chi connectivity index (χ0n) is 16.6. The quantitative estimate of drug-likeness (QED) is 0.635. The molecule has 0 atom stereocenters. The van der Waals surface area contributed by atoms with Crippen LogP contribution in [0, 0.1) is 11.6 Å². The molecule has 0 spiro atoms. The molecule has 0 saturated heterocycles. The standard InChI is InChI=1S/C23H24F2O3/c1-23(2,3)28-16-12-19(24)21(20(25)13-16)18-8-6-5-7-14-11-15(22(26)27-4)9-10-17(14)18/h8-13H,5-7H2,1-4H3. The molecule has 148 valence electrons. The van der Waals surface area contributed by atoms with Crippen molar-refractivity contribution in [2.24, 2.45) is 0 Å². The van der Waals surface area contributed by atoms with Crippen molar-refractivity contribution in [1.29, 1.82) is 0 Å². The summed E-state index contributed by atoms with van der Waals surface area (Å²) in [5, 5.41) is 0. The second kappa shape index (κ2) is 7.74. The first kappa shape index (κ1) is 20.1. The van der Waals surface area contributed by atoms with Crippen molar-refractivity contribution in [3.63, 3.8) is 0 Å². The minimum atomic E-state index is -0.671. The Morgan fingerprint density at radius 1 is 1.07 bits per heavy atom. The van der Waals surface area contributed by atoms with Crippen LogP contribution in [0.1, 0.15) is 60.7 Å². The summed E-state index contributed by atoms with van der Waals surface area (Å²) in [5.74, 6) is -1.62. The van der Waals surface area contributed by atoms with Crippen molar-refractivity contribution in [2.45, 2.75) is 45.6 Å². The van der Waals surface area contributed by atoms with Gasteiger partial charge in [0.05, 0.1) is 18.2 Å². The van der Waals surface area contributed by atoms with Gasteiger partial charge in [0, 0.05) is 12.1 Å². The number of carbonyl (C=O) groups is 1. The summed E-state index contributed by atoms with van der Waals surface area (Å²) in [6.45, 7) is 5.46. The van der Waals surface area contributed by atoms with Crippen LogP contribution in [0.2, 0.25) is 0 Å². The van der Waals surface area contributed by atoms with Gasteiger partial charge < -0.3 is 9.47 Å². The molecule has 5 heteroatoms. The predicted molar refractivity (Wildman–Crippen MR) is 105 cm³/mol. The Hall–Kier alpha value is -2.69. The molecule has 0 aromatic heterocycles. The molecule has 1 aliphatic rings. The number of rotatable bonds is 3. The van der Waals surface area contributed by atoms with Crippen molar-refractivity contribution >= 4 is 11.5 Å². The van der Waals surface area contributed by atoms with Crippen molar-refractivity contribution in [3.8, 4) is 5.75 Å². The van der Waals surface area contributed by atoms with Gasteiger partial charge in [0.25, 0.3) is 0 Å². The second-order valence-corrected chi connectivity index (χ2v) is 7.85. The Morgan fingerprint density at radius 2 is 1.75 bits per heavy atom. The van der Waals surface area contributed by atoms with Crippen LogP contribution < -0.4 is 4.74 Å². The largest absolute Gasteiger partial charge is 0.488 e. The van der Waals surface area contributed by atoms with E-state index in [1.54, 1.807) is 18.2 Å². The number of benzene rings is 2. The summed E-state index contributed by atoms with van der Waals surface area (Å²) in [6, 6.07) is 7.54. The van der Waals surface area contributed by atoms with E-state index in [1.165, 1.54) is 19.2 Å². The first-order chi connectivity index (χ1) is 13.2. The second-order valence-electron chi connectivity index (χ2n) is 7.85. The summed E-state index contributed by atoms with van der Waals surface area (Å²) >= 11 is 0. The number of hydrogen-bond donors (Lipinski definition) is 0. The fourth-order valence-corrected chi connectivity index (χ4v) is 3.41. The van der Waals surface area contributed by atoms with Gasteiger partial charge in [0.1, 0.15) is 23.0 Å². The number of allylic oxidation sites excluding steroid dienone is 1. The third-order valence-corrected chi connectivity index (χ3v) is 4.52. The van der Waals surface area contributed by atoms with Gasteiger partial charge >= 0.3 is 5.97 Å². The maximum atomic E-state index is 14.9. The highest BCUT2D eigenvalue weighted by Gasteiger charge is 2.23. The smallest absolute Gasteiger partial charge is 0.337 e. The van der Waals surface area contributed by atoms with Crippen LogP contribution >= 0.6 is 0 Å². The maximum absolute atomic E-state index is 14.9. The van der Waals surface area contributed by atoms with Crippen LogP contribution in [0.4, 0.5) is 8.78 Å². The topological polar surface area (TPSA) is 35.5 Å². The fraction of sp³-hybridized carbons (Fsp3) is 0.348. The minimum Gasteiger partial charge on any atom is -0.488 e. The molecule has 0 aliphatic heterocycles. The lowest BCUT2D eigenvalue weighted by atomic mass is 9.91. The van der Waals surface area contributed by atoms with Crippen molar-refractivity contribution in [1.82, 2.24) is 0 Å². The van der Waals surface area contributed by atoms with Gasteiger partial charge in [0.2, 0.25) is 0 Å². The maximum Gasteiger partial charge on any atom is 0.337 e. The van der Waals surface area contributed by atoms with Crippen LogP contribution in [-0.2, 0) is 11.2 Å². The van der Waals surface area contributed by atoms with Crippen molar-refractivity contribution < 1.29 is 23.0 Å². The molecular formula is C23H24F2O3. The molecule has 1 aliphatic carbocycles. The molecule has 0 amide bonds. The lowest BCUT2D eigenvalue weighted by Gasteiger charge is -2.22. The van der Waals surface area contributed by atoms with Crippen LogP contribution in [-0.4, -0.2) is 18.7 Å². The minimum absolute atomic E-state index is 0.0739. The summed E-state index contributed by atoms with van der Waals surface area (Å²) in [7, 11) is 1.32. The molecule has 2 aromatic carbocycles. The van der Waals surface area contributed by atoms with Crippen LogP contribution in [0.3, 0.4) is 0 Å². The third kappa shape index (κ3) is 4.24. The normalized spacial score (nSPS) is 14.0. The molecule has 0 radical (unpaired) electrons. The van der Waals surface area contributed by atoms with Gasteiger partial charge in [0.15, 0.2) is 0 Å². The van der Waals surface area contributed by atoms with E-state index in [4.69, 9.17) is 9.47 Å². The molecular weight excluding hydrogens is 362 g/mol. The molecule has 28 heavy (non-hydrogen) atoms. The average molecular weight is 386 g/mol. The molecule has 2 aromatic rings. The van der Waals surface area contributed by atoms with Gasteiger partial charge in [-0.3, -0.25) is 0 Å². The number of halogens is 2. The van der Waals surface area contributed by atoms with E-state index in [-0.39, 0.29) is 11.3 Å². The zero-order chi connectivity index (χ0) is 20.5. The molecule has 0 unspecified atom stereocenters. The number of hydrogen-bond acceptors (Lipinski definition) is 3. The SMILES string of the molecule is COC(=O)c1ccc2c(c1)CCCC=C2c1c(F)cc(OC(C)(C)C)cc1F. The highest BCUT2D eigenvalue weighted by molar-refractivity contribution is 5.91. The Labute approximate surface area is 164 Å². The number of esters is 1.